The van der Waals surface area contributed by atoms with E-state index < -0.39 is 11.8 Å². The summed E-state index contributed by atoms with van der Waals surface area (Å²) in [5.41, 5.74) is 11.8. The van der Waals surface area contributed by atoms with E-state index in [0.29, 0.717) is 29.7 Å². The van der Waals surface area contributed by atoms with Crippen molar-refractivity contribution < 1.29 is 14.3 Å². The van der Waals surface area contributed by atoms with Crippen molar-refractivity contribution in [1.29, 1.82) is 0 Å². The molecule has 0 aliphatic carbocycles. The average molecular weight is 222 g/mol. The predicted octanol–water partition coefficient (Wildman–Crippen LogP) is 0.0733. The smallest absolute Gasteiger partial charge is 0.248 e. The van der Waals surface area contributed by atoms with Crippen LogP contribution in [0.2, 0.25) is 0 Å². The van der Waals surface area contributed by atoms with Crippen molar-refractivity contribution >= 4 is 11.8 Å². The Bertz CT molecular complexity index is 416. The maximum atomic E-state index is 11.1. The normalized spacial score (nSPS) is 10.1. The Morgan fingerprint density at radius 1 is 1.25 bits per heavy atom. The van der Waals surface area contributed by atoms with Crippen LogP contribution in [0.5, 0.6) is 0 Å². The molecule has 16 heavy (non-hydrogen) atoms. The van der Waals surface area contributed by atoms with Gasteiger partial charge in [0.1, 0.15) is 0 Å². The number of primary amides is 2. The van der Waals surface area contributed by atoms with Crippen molar-refractivity contribution in [2.24, 2.45) is 11.5 Å². The van der Waals surface area contributed by atoms with Gasteiger partial charge in [0.05, 0.1) is 6.61 Å². The molecule has 0 aliphatic heterocycles. The molecule has 0 aliphatic rings. The van der Waals surface area contributed by atoms with Crippen LogP contribution in [-0.2, 0) is 11.2 Å². The van der Waals surface area contributed by atoms with E-state index in [1.54, 1.807) is 13.2 Å². The maximum absolute atomic E-state index is 11.1. The summed E-state index contributed by atoms with van der Waals surface area (Å²) in [7, 11) is 1.56. The molecule has 0 heterocycles. The van der Waals surface area contributed by atoms with Crippen molar-refractivity contribution in [1.82, 2.24) is 0 Å². The molecular weight excluding hydrogens is 208 g/mol. The minimum atomic E-state index is -0.533. The number of hydrogen-bond donors (Lipinski definition) is 2. The summed E-state index contributed by atoms with van der Waals surface area (Å²) in [6.45, 7) is 0.447. The first-order chi connectivity index (χ1) is 7.56. The van der Waals surface area contributed by atoms with Crippen LogP contribution >= 0.6 is 0 Å². The number of amides is 2. The standard InChI is InChI=1S/C11H14N2O3/c1-16-5-4-7-6-8(10(12)14)2-3-9(7)11(13)15/h2-3,6H,4-5H2,1H3,(H2,12,14)(H2,13,15). The fourth-order valence-corrected chi connectivity index (χ4v) is 1.41. The first kappa shape index (κ1) is 12.2. The molecule has 0 spiro atoms. The second kappa shape index (κ2) is 5.27. The zero-order valence-corrected chi connectivity index (χ0v) is 9.03. The molecule has 1 aromatic carbocycles. The fourth-order valence-electron chi connectivity index (χ4n) is 1.41. The summed E-state index contributed by atoms with van der Waals surface area (Å²) in [5.74, 6) is -1.06. The number of carbonyl (C=O) groups excluding carboxylic acids is 2. The number of nitrogens with two attached hydrogens (primary N) is 2. The van der Waals surface area contributed by atoms with E-state index in [-0.39, 0.29) is 0 Å². The lowest BCUT2D eigenvalue weighted by molar-refractivity contribution is 0.0987. The molecule has 5 heteroatoms. The molecule has 0 bridgehead atoms. The van der Waals surface area contributed by atoms with Crippen LogP contribution in [-0.4, -0.2) is 25.5 Å². The van der Waals surface area contributed by atoms with Crippen LogP contribution in [0.15, 0.2) is 18.2 Å². The molecule has 1 aromatic rings. The Labute approximate surface area is 93.4 Å². The Hall–Kier alpha value is -1.88. The van der Waals surface area contributed by atoms with E-state index in [1.165, 1.54) is 12.1 Å². The lowest BCUT2D eigenvalue weighted by atomic mass is 10.0. The van der Waals surface area contributed by atoms with E-state index in [1.807, 2.05) is 0 Å². The summed E-state index contributed by atoms with van der Waals surface area (Å²) in [5, 5.41) is 0. The monoisotopic (exact) mass is 222 g/mol. The second-order valence-electron chi connectivity index (χ2n) is 3.34. The van der Waals surface area contributed by atoms with E-state index in [4.69, 9.17) is 16.2 Å². The summed E-state index contributed by atoms with van der Waals surface area (Å²) >= 11 is 0. The number of rotatable bonds is 5. The molecule has 0 unspecified atom stereocenters. The van der Waals surface area contributed by atoms with Gasteiger partial charge in [-0.05, 0) is 30.2 Å². The van der Waals surface area contributed by atoms with Crippen molar-refractivity contribution in [3.05, 3.63) is 34.9 Å². The second-order valence-corrected chi connectivity index (χ2v) is 3.34. The van der Waals surface area contributed by atoms with Crippen LogP contribution < -0.4 is 11.5 Å². The van der Waals surface area contributed by atoms with Crippen LogP contribution in [0, 0.1) is 0 Å². The summed E-state index contributed by atoms with van der Waals surface area (Å²) < 4.78 is 4.91. The van der Waals surface area contributed by atoms with Gasteiger partial charge in [-0.2, -0.15) is 0 Å². The minimum absolute atomic E-state index is 0.358. The Morgan fingerprint density at radius 3 is 2.44 bits per heavy atom. The molecule has 5 nitrogen and oxygen atoms in total. The summed E-state index contributed by atoms with van der Waals surface area (Å²) in [6, 6.07) is 4.56. The zero-order chi connectivity index (χ0) is 12.1. The number of methoxy groups -OCH3 is 1. The predicted molar refractivity (Wildman–Crippen MR) is 59.1 cm³/mol. The Morgan fingerprint density at radius 2 is 1.94 bits per heavy atom. The summed E-state index contributed by atoms with van der Waals surface area (Å²) in [4.78, 5) is 22.1. The number of hydrogen-bond acceptors (Lipinski definition) is 3. The van der Waals surface area contributed by atoms with Crippen LogP contribution in [0.4, 0.5) is 0 Å². The quantitative estimate of drug-likeness (QED) is 0.738. The SMILES string of the molecule is COCCc1cc(C(N)=O)ccc1C(N)=O. The van der Waals surface area contributed by atoms with E-state index in [0.717, 1.165) is 0 Å². The highest BCUT2D eigenvalue weighted by atomic mass is 16.5. The number of ether oxygens (including phenoxy) is 1. The Balaban J connectivity index is 3.10. The fraction of sp³-hybridized carbons (Fsp3) is 0.273. The van der Waals surface area contributed by atoms with Crippen LogP contribution in [0.3, 0.4) is 0 Å². The number of benzene rings is 1. The highest BCUT2D eigenvalue weighted by Gasteiger charge is 2.10. The van der Waals surface area contributed by atoms with E-state index in [2.05, 4.69) is 0 Å². The van der Waals surface area contributed by atoms with Gasteiger partial charge in [-0.3, -0.25) is 9.59 Å². The van der Waals surface area contributed by atoms with E-state index in [9.17, 15) is 9.59 Å². The Kier molecular flexibility index (Phi) is 4.02. The maximum Gasteiger partial charge on any atom is 0.248 e. The molecule has 0 saturated heterocycles. The molecule has 0 saturated carbocycles. The highest BCUT2D eigenvalue weighted by molar-refractivity contribution is 5.97. The van der Waals surface area contributed by atoms with Crippen molar-refractivity contribution in [2.75, 3.05) is 13.7 Å². The third-order valence-electron chi connectivity index (χ3n) is 2.23. The van der Waals surface area contributed by atoms with Crippen LogP contribution in [0.1, 0.15) is 26.3 Å². The number of carbonyl (C=O) groups is 2. The van der Waals surface area contributed by atoms with Crippen molar-refractivity contribution in [3.8, 4) is 0 Å². The van der Waals surface area contributed by atoms with Gasteiger partial charge in [0.25, 0.3) is 0 Å². The lowest BCUT2D eigenvalue weighted by Crippen LogP contribution is -2.17. The van der Waals surface area contributed by atoms with Gasteiger partial charge in [0.15, 0.2) is 0 Å². The molecule has 86 valence electrons. The molecule has 4 N–H and O–H groups in total. The molecular formula is C11H14N2O3. The van der Waals surface area contributed by atoms with Gasteiger partial charge in [-0.1, -0.05) is 0 Å². The third kappa shape index (κ3) is 2.80. The van der Waals surface area contributed by atoms with Gasteiger partial charge in [-0.25, -0.2) is 0 Å². The largest absolute Gasteiger partial charge is 0.384 e. The van der Waals surface area contributed by atoms with Gasteiger partial charge in [0, 0.05) is 18.2 Å². The first-order valence-electron chi connectivity index (χ1n) is 4.77. The molecule has 1 rings (SSSR count). The molecule has 0 aromatic heterocycles. The van der Waals surface area contributed by atoms with Crippen molar-refractivity contribution in [2.45, 2.75) is 6.42 Å². The first-order valence-corrected chi connectivity index (χ1v) is 4.77. The molecule has 0 fully saturated rings. The van der Waals surface area contributed by atoms with Gasteiger partial charge < -0.3 is 16.2 Å². The summed E-state index contributed by atoms with van der Waals surface area (Å²) in [6.07, 6.45) is 0.510. The highest BCUT2D eigenvalue weighted by Crippen LogP contribution is 2.12. The minimum Gasteiger partial charge on any atom is -0.384 e. The molecule has 0 atom stereocenters. The van der Waals surface area contributed by atoms with Gasteiger partial charge >= 0.3 is 0 Å². The van der Waals surface area contributed by atoms with Gasteiger partial charge in [0.2, 0.25) is 11.8 Å². The lowest BCUT2D eigenvalue weighted by Gasteiger charge is -2.07. The topological polar surface area (TPSA) is 95.4 Å². The van der Waals surface area contributed by atoms with Crippen LogP contribution in [0.25, 0.3) is 0 Å². The van der Waals surface area contributed by atoms with Crippen molar-refractivity contribution in [3.63, 3.8) is 0 Å². The molecule has 2 amide bonds. The van der Waals surface area contributed by atoms with Gasteiger partial charge in [-0.15, -0.1) is 0 Å². The zero-order valence-electron chi connectivity index (χ0n) is 9.03. The molecule has 0 radical (unpaired) electrons. The average Bonchev–Trinajstić information content (AvgIpc) is 2.25. The van der Waals surface area contributed by atoms with E-state index >= 15 is 0 Å². The third-order valence-corrected chi connectivity index (χ3v) is 2.23.